The molecule has 0 radical (unpaired) electrons. The third-order valence-electron chi connectivity index (χ3n) is 3.51. The van der Waals surface area contributed by atoms with Gasteiger partial charge >= 0.3 is 5.97 Å². The Hall–Kier alpha value is -2.82. The summed E-state index contributed by atoms with van der Waals surface area (Å²) in [6.45, 7) is 2.55. The number of para-hydroxylation sites is 1. The summed E-state index contributed by atoms with van der Waals surface area (Å²) in [6, 6.07) is 14.6. The Balaban J connectivity index is 1.90. The van der Waals surface area contributed by atoms with Gasteiger partial charge in [-0.15, -0.1) is 0 Å². The van der Waals surface area contributed by atoms with E-state index in [9.17, 15) is 9.59 Å². The molecule has 126 valence electrons. The molecular weight excluding hydrogens is 306 g/mol. The summed E-state index contributed by atoms with van der Waals surface area (Å²) in [5.41, 5.74) is 2.20. The van der Waals surface area contributed by atoms with Gasteiger partial charge in [0.2, 0.25) is 5.91 Å². The van der Waals surface area contributed by atoms with Crippen molar-refractivity contribution < 1.29 is 19.4 Å². The third kappa shape index (κ3) is 5.43. The van der Waals surface area contributed by atoms with Crippen molar-refractivity contribution in [2.75, 3.05) is 11.9 Å². The SMILES string of the molecule is CCOc1ccc(CCC(=O)Nc2ccccc2CC(=O)O)cc1. The number of benzene rings is 2. The molecule has 5 nitrogen and oxygen atoms in total. The Morgan fingerprint density at radius 1 is 1.08 bits per heavy atom. The Bertz CT molecular complexity index is 695. The number of aliphatic carboxylic acids is 1. The van der Waals surface area contributed by atoms with Gasteiger partial charge in [0.05, 0.1) is 13.0 Å². The van der Waals surface area contributed by atoms with E-state index in [0.717, 1.165) is 11.3 Å². The molecule has 0 saturated heterocycles. The van der Waals surface area contributed by atoms with E-state index in [0.29, 0.717) is 30.7 Å². The summed E-state index contributed by atoms with van der Waals surface area (Å²) < 4.78 is 5.38. The van der Waals surface area contributed by atoms with Gasteiger partial charge in [-0.3, -0.25) is 9.59 Å². The van der Waals surface area contributed by atoms with Crippen molar-refractivity contribution in [3.8, 4) is 5.75 Å². The van der Waals surface area contributed by atoms with Gasteiger partial charge in [-0.2, -0.15) is 0 Å². The molecule has 0 fully saturated rings. The van der Waals surface area contributed by atoms with E-state index in [1.54, 1.807) is 24.3 Å². The Kier molecular flexibility index (Phi) is 6.37. The minimum absolute atomic E-state index is 0.116. The van der Waals surface area contributed by atoms with Crippen LogP contribution in [0.1, 0.15) is 24.5 Å². The normalized spacial score (nSPS) is 10.2. The van der Waals surface area contributed by atoms with Crippen LogP contribution in [0.25, 0.3) is 0 Å². The molecule has 5 heteroatoms. The van der Waals surface area contributed by atoms with Crippen LogP contribution < -0.4 is 10.1 Å². The molecule has 0 heterocycles. The molecule has 0 saturated carbocycles. The minimum Gasteiger partial charge on any atom is -0.494 e. The number of carboxylic acids is 1. The van der Waals surface area contributed by atoms with Crippen molar-refractivity contribution in [1.29, 1.82) is 0 Å². The number of nitrogens with one attached hydrogen (secondary N) is 1. The van der Waals surface area contributed by atoms with Gasteiger partial charge in [0, 0.05) is 12.1 Å². The zero-order valence-corrected chi connectivity index (χ0v) is 13.6. The van der Waals surface area contributed by atoms with Gasteiger partial charge in [0.1, 0.15) is 5.75 Å². The lowest BCUT2D eigenvalue weighted by Gasteiger charge is -2.10. The predicted molar refractivity (Wildman–Crippen MR) is 92.3 cm³/mol. The summed E-state index contributed by atoms with van der Waals surface area (Å²) >= 11 is 0. The van der Waals surface area contributed by atoms with Crippen molar-refractivity contribution in [3.63, 3.8) is 0 Å². The van der Waals surface area contributed by atoms with E-state index in [-0.39, 0.29) is 12.3 Å². The lowest BCUT2D eigenvalue weighted by molar-refractivity contribution is -0.136. The fraction of sp³-hybridized carbons (Fsp3) is 0.263. The van der Waals surface area contributed by atoms with E-state index in [1.807, 2.05) is 31.2 Å². The lowest BCUT2D eigenvalue weighted by atomic mass is 10.1. The Labute approximate surface area is 141 Å². The van der Waals surface area contributed by atoms with Crippen LogP contribution in [0, 0.1) is 0 Å². The predicted octanol–water partition coefficient (Wildman–Crippen LogP) is 3.28. The quantitative estimate of drug-likeness (QED) is 0.780. The molecule has 0 unspecified atom stereocenters. The lowest BCUT2D eigenvalue weighted by Crippen LogP contribution is -2.14. The van der Waals surface area contributed by atoms with Crippen molar-refractivity contribution in [3.05, 3.63) is 59.7 Å². The van der Waals surface area contributed by atoms with Crippen LogP contribution in [0.3, 0.4) is 0 Å². The summed E-state index contributed by atoms with van der Waals surface area (Å²) in [4.78, 5) is 23.0. The Morgan fingerprint density at radius 2 is 1.79 bits per heavy atom. The monoisotopic (exact) mass is 327 g/mol. The van der Waals surface area contributed by atoms with Crippen molar-refractivity contribution in [1.82, 2.24) is 0 Å². The van der Waals surface area contributed by atoms with Gasteiger partial charge in [-0.1, -0.05) is 30.3 Å². The number of rotatable bonds is 8. The van der Waals surface area contributed by atoms with Crippen LogP contribution >= 0.6 is 0 Å². The highest BCUT2D eigenvalue weighted by Crippen LogP contribution is 2.17. The summed E-state index contributed by atoms with van der Waals surface area (Å²) in [5.74, 6) is -0.249. The maximum atomic E-state index is 12.1. The van der Waals surface area contributed by atoms with Crippen molar-refractivity contribution >= 4 is 17.6 Å². The number of aryl methyl sites for hydroxylation is 1. The zero-order valence-electron chi connectivity index (χ0n) is 13.6. The van der Waals surface area contributed by atoms with Crippen LogP contribution in [-0.2, 0) is 22.4 Å². The van der Waals surface area contributed by atoms with Gasteiger partial charge in [0.25, 0.3) is 0 Å². The highest BCUT2D eigenvalue weighted by atomic mass is 16.5. The highest BCUT2D eigenvalue weighted by molar-refractivity contribution is 5.92. The van der Waals surface area contributed by atoms with Gasteiger partial charge in [0.15, 0.2) is 0 Å². The molecule has 24 heavy (non-hydrogen) atoms. The average molecular weight is 327 g/mol. The second-order valence-corrected chi connectivity index (χ2v) is 5.35. The second kappa shape index (κ2) is 8.72. The fourth-order valence-electron chi connectivity index (χ4n) is 2.35. The topological polar surface area (TPSA) is 75.6 Å². The Morgan fingerprint density at radius 3 is 2.46 bits per heavy atom. The van der Waals surface area contributed by atoms with Crippen LogP contribution in [0.5, 0.6) is 5.75 Å². The van der Waals surface area contributed by atoms with Crippen LogP contribution in [0.15, 0.2) is 48.5 Å². The third-order valence-corrected chi connectivity index (χ3v) is 3.51. The standard InChI is InChI=1S/C19H21NO4/c1-2-24-16-10-7-14(8-11-16)9-12-18(21)20-17-6-4-3-5-15(17)13-19(22)23/h3-8,10-11H,2,9,12-13H2,1H3,(H,20,21)(H,22,23). The molecule has 0 aliphatic heterocycles. The largest absolute Gasteiger partial charge is 0.494 e. The number of carboxylic acid groups (broad SMARTS) is 1. The molecule has 1 amide bonds. The molecule has 2 aromatic rings. The number of anilines is 1. The molecule has 0 bridgehead atoms. The first-order valence-corrected chi connectivity index (χ1v) is 7.89. The van der Waals surface area contributed by atoms with Crippen molar-refractivity contribution in [2.45, 2.75) is 26.2 Å². The molecule has 0 atom stereocenters. The molecule has 0 spiro atoms. The average Bonchev–Trinajstić information content (AvgIpc) is 2.56. The molecule has 0 aliphatic rings. The van der Waals surface area contributed by atoms with Crippen molar-refractivity contribution in [2.24, 2.45) is 0 Å². The number of hydrogen-bond acceptors (Lipinski definition) is 3. The first-order valence-electron chi connectivity index (χ1n) is 7.89. The summed E-state index contributed by atoms with van der Waals surface area (Å²) in [5, 5.41) is 11.7. The number of hydrogen-bond donors (Lipinski definition) is 2. The maximum absolute atomic E-state index is 12.1. The van der Waals surface area contributed by atoms with E-state index >= 15 is 0 Å². The van der Waals surface area contributed by atoms with Gasteiger partial charge in [-0.25, -0.2) is 0 Å². The van der Waals surface area contributed by atoms with Crippen LogP contribution in [-0.4, -0.2) is 23.6 Å². The van der Waals surface area contributed by atoms with E-state index < -0.39 is 5.97 Å². The maximum Gasteiger partial charge on any atom is 0.307 e. The van der Waals surface area contributed by atoms with Gasteiger partial charge < -0.3 is 15.2 Å². The molecule has 0 aliphatic carbocycles. The van der Waals surface area contributed by atoms with E-state index in [1.165, 1.54) is 0 Å². The first kappa shape index (κ1) is 17.5. The number of carbonyl (C=O) groups excluding carboxylic acids is 1. The molecule has 2 aromatic carbocycles. The van der Waals surface area contributed by atoms with E-state index in [2.05, 4.69) is 5.32 Å². The molecule has 2 rings (SSSR count). The number of ether oxygens (including phenoxy) is 1. The molecule has 0 aromatic heterocycles. The smallest absolute Gasteiger partial charge is 0.307 e. The number of amides is 1. The minimum atomic E-state index is -0.925. The molecule has 2 N–H and O–H groups in total. The zero-order chi connectivity index (χ0) is 17.4. The van der Waals surface area contributed by atoms with Gasteiger partial charge in [-0.05, 0) is 42.7 Å². The van der Waals surface area contributed by atoms with Crippen LogP contribution in [0.2, 0.25) is 0 Å². The summed E-state index contributed by atoms with van der Waals surface area (Å²) in [6.07, 6.45) is 0.823. The molecular formula is C19H21NO4. The second-order valence-electron chi connectivity index (χ2n) is 5.35. The van der Waals surface area contributed by atoms with Crippen LogP contribution in [0.4, 0.5) is 5.69 Å². The highest BCUT2D eigenvalue weighted by Gasteiger charge is 2.09. The number of carbonyl (C=O) groups is 2. The fourth-order valence-corrected chi connectivity index (χ4v) is 2.35. The summed E-state index contributed by atoms with van der Waals surface area (Å²) in [7, 11) is 0. The van der Waals surface area contributed by atoms with E-state index in [4.69, 9.17) is 9.84 Å². The first-order chi connectivity index (χ1) is 11.6.